The van der Waals surface area contributed by atoms with E-state index in [1.165, 1.54) is 6.42 Å². The third-order valence-corrected chi connectivity index (χ3v) is 3.40. The predicted octanol–water partition coefficient (Wildman–Crippen LogP) is 2.26. The van der Waals surface area contributed by atoms with Crippen LogP contribution in [0.15, 0.2) is 18.2 Å². The number of carbonyl (C=O) groups excluding carboxylic acids is 1. The van der Waals surface area contributed by atoms with Gasteiger partial charge in [-0.1, -0.05) is 19.3 Å². The topological polar surface area (TPSA) is 58.6 Å². The van der Waals surface area contributed by atoms with Crippen LogP contribution in [-0.4, -0.2) is 18.4 Å². The standard InChI is InChI=1S/C15H19FO4/c1-10(19-12-5-3-2-4-6-12)20-14-9-11(15(17)18)7-8-13(14)16/h7-10,12H,2-6H2,1H3,(H,17,18)/p-1. The smallest absolute Gasteiger partial charge is 0.197 e. The van der Waals surface area contributed by atoms with Gasteiger partial charge < -0.3 is 19.4 Å². The lowest BCUT2D eigenvalue weighted by Crippen LogP contribution is -2.27. The molecule has 0 amide bonds. The minimum atomic E-state index is -1.37. The highest BCUT2D eigenvalue weighted by atomic mass is 19.1. The van der Waals surface area contributed by atoms with Crippen LogP contribution in [0, 0.1) is 5.82 Å². The summed E-state index contributed by atoms with van der Waals surface area (Å²) in [4.78, 5) is 10.7. The minimum Gasteiger partial charge on any atom is -0.545 e. The summed E-state index contributed by atoms with van der Waals surface area (Å²) in [6.45, 7) is 1.68. The van der Waals surface area contributed by atoms with E-state index >= 15 is 0 Å². The Hall–Kier alpha value is -1.62. The van der Waals surface area contributed by atoms with Crippen LogP contribution in [-0.2, 0) is 4.74 Å². The lowest BCUT2D eigenvalue weighted by Gasteiger charge is -2.26. The van der Waals surface area contributed by atoms with Crippen molar-refractivity contribution in [2.75, 3.05) is 0 Å². The van der Waals surface area contributed by atoms with Gasteiger partial charge in [-0.2, -0.15) is 0 Å². The molecule has 0 radical (unpaired) electrons. The van der Waals surface area contributed by atoms with Crippen molar-refractivity contribution in [1.82, 2.24) is 0 Å². The number of carbonyl (C=O) groups is 1. The van der Waals surface area contributed by atoms with Crippen molar-refractivity contribution in [2.24, 2.45) is 0 Å². The van der Waals surface area contributed by atoms with Crippen LogP contribution in [0.25, 0.3) is 0 Å². The molecule has 0 aromatic heterocycles. The van der Waals surface area contributed by atoms with Crippen LogP contribution in [0.2, 0.25) is 0 Å². The quantitative estimate of drug-likeness (QED) is 0.777. The molecular formula is C15H18FO4-. The molecule has 5 heteroatoms. The summed E-state index contributed by atoms with van der Waals surface area (Å²) in [6.07, 6.45) is 4.95. The summed E-state index contributed by atoms with van der Waals surface area (Å²) in [5.74, 6) is -2.11. The SMILES string of the molecule is CC(Oc1cc(C(=O)[O-])ccc1F)OC1CCCCC1. The fourth-order valence-electron chi connectivity index (χ4n) is 2.40. The fraction of sp³-hybridized carbons (Fsp3) is 0.533. The van der Waals surface area contributed by atoms with E-state index in [0.29, 0.717) is 0 Å². The first-order valence-electron chi connectivity index (χ1n) is 6.89. The Bertz CT molecular complexity index is 469. The Morgan fingerprint density at radius 3 is 2.70 bits per heavy atom. The Kier molecular flexibility index (Phi) is 4.95. The molecule has 0 saturated heterocycles. The van der Waals surface area contributed by atoms with Gasteiger partial charge in [0.2, 0.25) is 0 Å². The van der Waals surface area contributed by atoms with Crippen LogP contribution in [0.5, 0.6) is 5.75 Å². The molecule has 0 spiro atoms. The van der Waals surface area contributed by atoms with Crippen LogP contribution in [0.4, 0.5) is 4.39 Å². The molecule has 2 rings (SSSR count). The molecule has 1 fully saturated rings. The lowest BCUT2D eigenvalue weighted by molar-refractivity contribution is -0.255. The molecule has 1 unspecified atom stereocenters. The molecule has 1 aromatic rings. The second kappa shape index (κ2) is 6.70. The number of aromatic carboxylic acids is 1. The van der Waals surface area contributed by atoms with Gasteiger partial charge in [0.15, 0.2) is 17.9 Å². The van der Waals surface area contributed by atoms with Gasteiger partial charge in [0, 0.05) is 5.56 Å². The minimum absolute atomic E-state index is 0.119. The molecule has 1 aliphatic carbocycles. The van der Waals surface area contributed by atoms with Gasteiger partial charge in [-0.05, 0) is 38.0 Å². The molecule has 20 heavy (non-hydrogen) atoms. The highest BCUT2D eigenvalue weighted by Crippen LogP contribution is 2.24. The third kappa shape index (κ3) is 3.93. The number of carboxylic acids is 1. The van der Waals surface area contributed by atoms with Gasteiger partial charge in [0.25, 0.3) is 0 Å². The highest BCUT2D eigenvalue weighted by Gasteiger charge is 2.18. The van der Waals surface area contributed by atoms with Crippen LogP contribution < -0.4 is 9.84 Å². The van der Waals surface area contributed by atoms with E-state index in [-0.39, 0.29) is 17.4 Å². The number of benzene rings is 1. The van der Waals surface area contributed by atoms with E-state index in [2.05, 4.69) is 0 Å². The van der Waals surface area contributed by atoms with Crippen molar-refractivity contribution in [3.05, 3.63) is 29.6 Å². The zero-order chi connectivity index (χ0) is 14.5. The van der Waals surface area contributed by atoms with Crippen LogP contribution >= 0.6 is 0 Å². The summed E-state index contributed by atoms with van der Waals surface area (Å²) in [7, 11) is 0. The summed E-state index contributed by atoms with van der Waals surface area (Å²) >= 11 is 0. The van der Waals surface area contributed by atoms with E-state index in [1.807, 2.05) is 0 Å². The molecule has 1 saturated carbocycles. The van der Waals surface area contributed by atoms with E-state index in [4.69, 9.17) is 9.47 Å². The van der Waals surface area contributed by atoms with E-state index in [9.17, 15) is 14.3 Å². The monoisotopic (exact) mass is 281 g/mol. The van der Waals surface area contributed by atoms with Crippen molar-refractivity contribution < 1.29 is 23.8 Å². The van der Waals surface area contributed by atoms with Crippen LogP contribution in [0.1, 0.15) is 49.4 Å². The van der Waals surface area contributed by atoms with Gasteiger partial charge in [-0.3, -0.25) is 0 Å². The number of carboxylic acid groups (broad SMARTS) is 1. The fourth-order valence-corrected chi connectivity index (χ4v) is 2.40. The second-order valence-corrected chi connectivity index (χ2v) is 5.01. The number of ether oxygens (including phenoxy) is 2. The van der Waals surface area contributed by atoms with E-state index in [1.54, 1.807) is 6.92 Å². The Labute approximate surface area is 117 Å². The molecule has 4 nitrogen and oxygen atoms in total. The maximum Gasteiger partial charge on any atom is 0.197 e. The molecule has 110 valence electrons. The Morgan fingerprint density at radius 1 is 1.35 bits per heavy atom. The summed E-state index contributed by atoms with van der Waals surface area (Å²) in [6, 6.07) is 3.31. The molecule has 1 aromatic carbocycles. The number of hydrogen-bond donors (Lipinski definition) is 0. The summed E-state index contributed by atoms with van der Waals surface area (Å²) in [5.41, 5.74) is -0.119. The highest BCUT2D eigenvalue weighted by molar-refractivity contribution is 5.86. The van der Waals surface area contributed by atoms with Gasteiger partial charge in [0.1, 0.15) is 0 Å². The van der Waals surface area contributed by atoms with Crippen molar-refractivity contribution in [3.63, 3.8) is 0 Å². The normalized spacial score (nSPS) is 17.7. The zero-order valence-electron chi connectivity index (χ0n) is 11.4. The maximum atomic E-state index is 13.6. The number of rotatable bonds is 5. The molecule has 0 heterocycles. The maximum absolute atomic E-state index is 13.6. The average molecular weight is 281 g/mol. The number of halogens is 1. The first-order chi connectivity index (χ1) is 9.56. The van der Waals surface area contributed by atoms with Gasteiger partial charge >= 0.3 is 0 Å². The molecule has 0 N–H and O–H groups in total. The first kappa shape index (κ1) is 14.8. The van der Waals surface area contributed by atoms with Gasteiger partial charge in [0.05, 0.1) is 12.1 Å². The molecule has 1 atom stereocenters. The second-order valence-electron chi connectivity index (χ2n) is 5.01. The van der Waals surface area contributed by atoms with Gasteiger partial charge in [-0.15, -0.1) is 0 Å². The largest absolute Gasteiger partial charge is 0.545 e. The molecular weight excluding hydrogens is 263 g/mol. The Balaban J connectivity index is 1.97. The first-order valence-corrected chi connectivity index (χ1v) is 6.89. The van der Waals surface area contributed by atoms with E-state index in [0.717, 1.165) is 43.9 Å². The Morgan fingerprint density at radius 2 is 2.05 bits per heavy atom. The average Bonchev–Trinajstić information content (AvgIpc) is 2.42. The van der Waals surface area contributed by atoms with Crippen molar-refractivity contribution in [3.8, 4) is 5.75 Å². The van der Waals surface area contributed by atoms with Gasteiger partial charge in [-0.25, -0.2) is 4.39 Å². The van der Waals surface area contributed by atoms with Crippen LogP contribution in [0.3, 0.4) is 0 Å². The third-order valence-electron chi connectivity index (χ3n) is 3.40. The summed E-state index contributed by atoms with van der Waals surface area (Å²) in [5, 5.41) is 10.7. The predicted molar refractivity (Wildman–Crippen MR) is 68.8 cm³/mol. The number of hydrogen-bond acceptors (Lipinski definition) is 4. The lowest BCUT2D eigenvalue weighted by atomic mass is 9.98. The zero-order valence-corrected chi connectivity index (χ0v) is 11.4. The summed E-state index contributed by atoms with van der Waals surface area (Å²) < 4.78 is 24.6. The van der Waals surface area contributed by atoms with Crippen molar-refractivity contribution in [1.29, 1.82) is 0 Å². The van der Waals surface area contributed by atoms with Crippen molar-refractivity contribution >= 4 is 5.97 Å². The molecule has 1 aliphatic rings. The van der Waals surface area contributed by atoms with E-state index < -0.39 is 18.1 Å². The van der Waals surface area contributed by atoms with Crippen molar-refractivity contribution in [2.45, 2.75) is 51.4 Å². The molecule has 0 aliphatic heterocycles. The molecule has 0 bridgehead atoms.